The van der Waals surface area contributed by atoms with E-state index in [0.29, 0.717) is 18.0 Å². The zero-order valence-corrected chi connectivity index (χ0v) is 14.5. The zero-order valence-electron chi connectivity index (χ0n) is 14.5. The van der Waals surface area contributed by atoms with Crippen LogP contribution in [0.25, 0.3) is 6.08 Å². The monoisotopic (exact) mass is 336 g/mol. The van der Waals surface area contributed by atoms with Crippen LogP contribution in [0, 0.1) is 18.3 Å². The molecule has 2 aromatic rings. The third kappa shape index (κ3) is 4.85. The lowest BCUT2D eigenvalue weighted by atomic mass is 10.1. The fourth-order valence-corrected chi connectivity index (χ4v) is 2.34. The van der Waals surface area contributed by atoms with Crippen molar-refractivity contribution in [1.82, 2.24) is 0 Å². The van der Waals surface area contributed by atoms with Crippen molar-refractivity contribution < 1.29 is 14.3 Å². The minimum absolute atomic E-state index is 0.0198. The van der Waals surface area contributed by atoms with E-state index in [0.717, 1.165) is 16.9 Å². The van der Waals surface area contributed by atoms with Gasteiger partial charge in [-0.1, -0.05) is 12.1 Å². The van der Waals surface area contributed by atoms with Crippen molar-refractivity contribution in [2.75, 3.05) is 19.0 Å². The molecule has 0 aromatic heterocycles. The Bertz CT molecular complexity index is 835. The summed E-state index contributed by atoms with van der Waals surface area (Å²) in [6, 6.07) is 14.5. The second kappa shape index (κ2) is 8.55. The topological polar surface area (TPSA) is 71.3 Å². The number of anilines is 1. The highest BCUT2D eigenvalue weighted by Gasteiger charge is 2.10. The highest BCUT2D eigenvalue weighted by atomic mass is 16.5. The van der Waals surface area contributed by atoms with Gasteiger partial charge in [-0.05, 0) is 55.3 Å². The first-order valence-corrected chi connectivity index (χ1v) is 7.88. The summed E-state index contributed by atoms with van der Waals surface area (Å²) in [6.07, 6.45) is 1.55. The van der Waals surface area contributed by atoms with Gasteiger partial charge < -0.3 is 14.8 Å². The Hall–Kier alpha value is -3.26. The third-order valence-electron chi connectivity index (χ3n) is 3.50. The average molecular weight is 336 g/mol. The van der Waals surface area contributed by atoms with Gasteiger partial charge in [0.15, 0.2) is 0 Å². The number of carbonyl (C=O) groups excluding carboxylic acids is 1. The first kappa shape index (κ1) is 18.1. The molecule has 5 heteroatoms. The number of nitriles is 1. The Labute approximate surface area is 147 Å². The van der Waals surface area contributed by atoms with Crippen LogP contribution in [0.2, 0.25) is 0 Å². The van der Waals surface area contributed by atoms with Crippen LogP contribution in [0.15, 0.2) is 48.0 Å². The number of nitrogens with zero attached hydrogens (tertiary/aromatic N) is 1. The van der Waals surface area contributed by atoms with Crippen LogP contribution in [0.5, 0.6) is 11.5 Å². The smallest absolute Gasteiger partial charge is 0.266 e. The van der Waals surface area contributed by atoms with E-state index in [4.69, 9.17) is 9.47 Å². The Morgan fingerprint density at radius 1 is 1.28 bits per heavy atom. The van der Waals surface area contributed by atoms with Gasteiger partial charge in [-0.15, -0.1) is 0 Å². The number of ether oxygens (including phenoxy) is 2. The van der Waals surface area contributed by atoms with Gasteiger partial charge in [-0.2, -0.15) is 5.26 Å². The molecule has 0 fully saturated rings. The molecule has 0 spiro atoms. The molecule has 2 rings (SSSR count). The van der Waals surface area contributed by atoms with Crippen LogP contribution in [-0.4, -0.2) is 19.6 Å². The van der Waals surface area contributed by atoms with E-state index >= 15 is 0 Å². The predicted octanol–water partition coefficient (Wildman–Crippen LogP) is 3.95. The van der Waals surface area contributed by atoms with Crippen LogP contribution in [-0.2, 0) is 4.79 Å². The molecule has 1 N–H and O–H groups in total. The van der Waals surface area contributed by atoms with E-state index in [1.165, 1.54) is 0 Å². The van der Waals surface area contributed by atoms with Crippen molar-refractivity contribution in [3.63, 3.8) is 0 Å². The molecule has 0 bridgehead atoms. The quantitative estimate of drug-likeness (QED) is 0.640. The Kier molecular flexibility index (Phi) is 6.19. The van der Waals surface area contributed by atoms with Crippen molar-refractivity contribution >= 4 is 17.7 Å². The number of carbonyl (C=O) groups is 1. The van der Waals surface area contributed by atoms with Gasteiger partial charge in [0.05, 0.1) is 13.7 Å². The summed E-state index contributed by atoms with van der Waals surface area (Å²) in [4.78, 5) is 12.4. The second-order valence-corrected chi connectivity index (χ2v) is 5.31. The molecule has 0 aliphatic carbocycles. The molecule has 0 unspecified atom stereocenters. The van der Waals surface area contributed by atoms with Gasteiger partial charge in [-0.25, -0.2) is 0 Å². The number of aryl methyl sites for hydroxylation is 1. The van der Waals surface area contributed by atoms with Crippen molar-refractivity contribution in [3.05, 3.63) is 59.2 Å². The predicted molar refractivity (Wildman–Crippen MR) is 97.6 cm³/mol. The first-order chi connectivity index (χ1) is 12.1. The molecule has 0 aliphatic heterocycles. The molecule has 0 atom stereocenters. The fourth-order valence-electron chi connectivity index (χ4n) is 2.34. The van der Waals surface area contributed by atoms with Crippen molar-refractivity contribution in [3.8, 4) is 17.6 Å². The first-order valence-electron chi connectivity index (χ1n) is 7.88. The summed E-state index contributed by atoms with van der Waals surface area (Å²) >= 11 is 0. The van der Waals surface area contributed by atoms with E-state index < -0.39 is 5.91 Å². The van der Waals surface area contributed by atoms with E-state index in [9.17, 15) is 10.1 Å². The Morgan fingerprint density at radius 3 is 2.72 bits per heavy atom. The number of methoxy groups -OCH3 is 1. The highest BCUT2D eigenvalue weighted by molar-refractivity contribution is 6.09. The normalized spacial score (nSPS) is 10.7. The van der Waals surface area contributed by atoms with E-state index in [2.05, 4.69) is 5.32 Å². The molecule has 2 aromatic carbocycles. The van der Waals surface area contributed by atoms with E-state index in [-0.39, 0.29) is 5.57 Å². The summed E-state index contributed by atoms with van der Waals surface area (Å²) in [5, 5.41) is 12.0. The van der Waals surface area contributed by atoms with E-state index in [1.807, 2.05) is 26.0 Å². The van der Waals surface area contributed by atoms with Gasteiger partial charge in [0.2, 0.25) is 0 Å². The number of nitrogens with one attached hydrogen (secondary N) is 1. The van der Waals surface area contributed by atoms with Crippen molar-refractivity contribution in [1.29, 1.82) is 5.26 Å². The van der Waals surface area contributed by atoms with Crippen molar-refractivity contribution in [2.45, 2.75) is 13.8 Å². The van der Waals surface area contributed by atoms with Crippen LogP contribution in [0.1, 0.15) is 18.1 Å². The highest BCUT2D eigenvalue weighted by Crippen LogP contribution is 2.21. The minimum Gasteiger partial charge on any atom is -0.496 e. The second-order valence-electron chi connectivity index (χ2n) is 5.31. The standard InChI is InChI=1S/C20H20N2O3/c1-4-25-18-7-5-6-17(12-18)22-20(23)16(13-21)11-15-8-9-19(24-3)14(2)10-15/h5-12H,4H2,1-3H3,(H,22,23)/b16-11-. The lowest BCUT2D eigenvalue weighted by Crippen LogP contribution is -2.13. The molecular weight excluding hydrogens is 316 g/mol. The van der Waals surface area contributed by atoms with Gasteiger partial charge in [0.1, 0.15) is 23.1 Å². The summed E-state index contributed by atoms with van der Waals surface area (Å²) in [7, 11) is 1.60. The summed E-state index contributed by atoms with van der Waals surface area (Å²) in [5.74, 6) is 0.950. The number of benzene rings is 2. The Balaban J connectivity index is 2.19. The molecule has 0 aliphatic rings. The zero-order chi connectivity index (χ0) is 18.2. The molecule has 128 valence electrons. The van der Waals surface area contributed by atoms with Gasteiger partial charge >= 0.3 is 0 Å². The number of rotatable bonds is 6. The lowest BCUT2D eigenvalue weighted by Gasteiger charge is -2.08. The van der Waals surface area contributed by atoms with Crippen LogP contribution in [0.3, 0.4) is 0 Å². The lowest BCUT2D eigenvalue weighted by molar-refractivity contribution is -0.112. The largest absolute Gasteiger partial charge is 0.496 e. The fraction of sp³-hybridized carbons (Fsp3) is 0.200. The van der Waals surface area contributed by atoms with E-state index in [1.54, 1.807) is 49.6 Å². The maximum absolute atomic E-state index is 12.4. The summed E-state index contributed by atoms with van der Waals surface area (Å²) < 4.78 is 10.6. The van der Waals surface area contributed by atoms with Crippen LogP contribution < -0.4 is 14.8 Å². The molecule has 0 saturated carbocycles. The average Bonchev–Trinajstić information content (AvgIpc) is 2.60. The molecular formula is C20H20N2O3. The molecule has 1 amide bonds. The van der Waals surface area contributed by atoms with Crippen LogP contribution in [0.4, 0.5) is 5.69 Å². The molecule has 25 heavy (non-hydrogen) atoms. The third-order valence-corrected chi connectivity index (χ3v) is 3.50. The van der Waals surface area contributed by atoms with Gasteiger partial charge in [0, 0.05) is 11.8 Å². The maximum Gasteiger partial charge on any atom is 0.266 e. The number of hydrogen-bond donors (Lipinski definition) is 1. The Morgan fingerprint density at radius 2 is 2.08 bits per heavy atom. The molecule has 5 nitrogen and oxygen atoms in total. The molecule has 0 heterocycles. The van der Waals surface area contributed by atoms with Gasteiger partial charge in [-0.3, -0.25) is 4.79 Å². The molecule has 0 radical (unpaired) electrons. The SMILES string of the molecule is CCOc1cccc(NC(=O)/C(C#N)=C\c2ccc(OC)c(C)c2)c1. The summed E-state index contributed by atoms with van der Waals surface area (Å²) in [6.45, 7) is 4.33. The maximum atomic E-state index is 12.4. The van der Waals surface area contributed by atoms with Crippen molar-refractivity contribution in [2.24, 2.45) is 0 Å². The number of amides is 1. The summed E-state index contributed by atoms with van der Waals surface area (Å²) in [5.41, 5.74) is 2.28. The van der Waals surface area contributed by atoms with Crippen LogP contribution >= 0.6 is 0 Å². The number of hydrogen-bond acceptors (Lipinski definition) is 4. The molecule has 0 saturated heterocycles. The van der Waals surface area contributed by atoms with Gasteiger partial charge in [0.25, 0.3) is 5.91 Å². The minimum atomic E-state index is -0.468.